The van der Waals surface area contributed by atoms with E-state index >= 15 is 0 Å². The average molecular weight is 220 g/mol. The van der Waals surface area contributed by atoms with Gasteiger partial charge in [-0.05, 0) is 6.92 Å². The highest BCUT2D eigenvalue weighted by atomic mass is 16.4. The zero-order valence-corrected chi connectivity index (χ0v) is 7.50. The third kappa shape index (κ3) is 1.73. The Morgan fingerprint density at radius 3 is 1.20 bits per heavy atom. The van der Waals surface area contributed by atoms with Crippen molar-refractivity contribution in [3.8, 4) is 0 Å². The van der Waals surface area contributed by atoms with Crippen LogP contribution in [0.5, 0.6) is 0 Å². The minimum Gasteiger partial charge on any atom is -0.481 e. The number of carboxylic acids is 4. The first-order valence-corrected chi connectivity index (χ1v) is 3.62. The van der Waals surface area contributed by atoms with Crippen LogP contribution < -0.4 is 0 Å². The summed E-state index contributed by atoms with van der Waals surface area (Å²) < 4.78 is 0. The normalized spacial score (nSPS) is 12.9. The van der Waals surface area contributed by atoms with Crippen LogP contribution in [0.15, 0.2) is 0 Å². The summed E-state index contributed by atoms with van der Waals surface area (Å²) in [6.07, 6.45) is 0. The van der Waals surface area contributed by atoms with Gasteiger partial charge in [0.2, 0.25) is 0 Å². The van der Waals surface area contributed by atoms with Gasteiger partial charge in [0, 0.05) is 0 Å². The summed E-state index contributed by atoms with van der Waals surface area (Å²) in [7, 11) is 0. The summed E-state index contributed by atoms with van der Waals surface area (Å²) >= 11 is 0. The molecule has 15 heavy (non-hydrogen) atoms. The van der Waals surface area contributed by atoms with Crippen LogP contribution in [0.1, 0.15) is 6.92 Å². The van der Waals surface area contributed by atoms with E-state index < -0.39 is 35.2 Å². The van der Waals surface area contributed by atoms with Gasteiger partial charge in [-0.2, -0.15) is 0 Å². The van der Waals surface area contributed by atoms with Gasteiger partial charge < -0.3 is 20.4 Å². The summed E-state index contributed by atoms with van der Waals surface area (Å²) in [5.74, 6) is -10.6. The maximum absolute atomic E-state index is 10.6. The van der Waals surface area contributed by atoms with E-state index in [1.165, 1.54) is 0 Å². The monoisotopic (exact) mass is 220 g/mol. The van der Waals surface area contributed by atoms with Gasteiger partial charge in [0.25, 0.3) is 5.41 Å². The van der Waals surface area contributed by atoms with Crippen molar-refractivity contribution in [2.24, 2.45) is 11.3 Å². The van der Waals surface area contributed by atoms with E-state index in [2.05, 4.69) is 0 Å². The van der Waals surface area contributed by atoms with Crippen LogP contribution in [0.25, 0.3) is 0 Å². The maximum atomic E-state index is 10.6. The van der Waals surface area contributed by atoms with Crippen LogP contribution in [0, 0.1) is 11.3 Å². The lowest BCUT2D eigenvalue weighted by atomic mass is 9.76. The molecule has 0 saturated carbocycles. The highest BCUT2D eigenvalue weighted by Crippen LogP contribution is 2.29. The Hall–Kier alpha value is -2.12. The fourth-order valence-electron chi connectivity index (χ4n) is 1.02. The molecule has 0 aliphatic heterocycles. The molecule has 1 atom stereocenters. The molecular weight excluding hydrogens is 212 g/mol. The van der Waals surface area contributed by atoms with Crippen LogP contribution >= 0.6 is 0 Å². The summed E-state index contributed by atoms with van der Waals surface area (Å²) in [6.45, 7) is 0.707. The molecule has 0 rings (SSSR count). The minimum absolute atomic E-state index is 0.707. The molecule has 0 aromatic rings. The molecule has 0 fully saturated rings. The van der Waals surface area contributed by atoms with Crippen molar-refractivity contribution in [3.63, 3.8) is 0 Å². The van der Waals surface area contributed by atoms with Crippen LogP contribution in [0.4, 0.5) is 0 Å². The molecule has 0 aromatic carbocycles. The first-order valence-electron chi connectivity index (χ1n) is 3.62. The van der Waals surface area contributed by atoms with Gasteiger partial charge in [0.15, 0.2) is 0 Å². The topological polar surface area (TPSA) is 149 Å². The van der Waals surface area contributed by atoms with E-state index in [4.69, 9.17) is 20.4 Å². The van der Waals surface area contributed by atoms with Gasteiger partial charge in [-0.3, -0.25) is 19.2 Å². The zero-order chi connectivity index (χ0) is 12.4. The Morgan fingerprint density at radius 1 is 0.867 bits per heavy atom. The van der Waals surface area contributed by atoms with Crippen LogP contribution in [0.2, 0.25) is 0 Å². The molecule has 0 spiro atoms. The standard InChI is InChI=1S/C7H8O8/c1-2(3(8)9)7(4(10)11,5(12)13)6(14)15/h2H,1H3,(H,8,9)(H,10,11)(H,12,13)(H,14,15). The Labute approximate surface area is 82.8 Å². The van der Waals surface area contributed by atoms with Crippen molar-refractivity contribution < 1.29 is 39.6 Å². The summed E-state index contributed by atoms with van der Waals surface area (Å²) in [5.41, 5.74) is -3.37. The molecule has 8 nitrogen and oxygen atoms in total. The van der Waals surface area contributed by atoms with Gasteiger partial charge in [-0.25, -0.2) is 0 Å². The second-order valence-corrected chi connectivity index (χ2v) is 2.78. The zero-order valence-electron chi connectivity index (χ0n) is 7.50. The number of hydrogen-bond donors (Lipinski definition) is 4. The molecule has 8 heteroatoms. The largest absolute Gasteiger partial charge is 0.481 e. The molecule has 0 saturated heterocycles. The molecule has 4 N–H and O–H groups in total. The second-order valence-electron chi connectivity index (χ2n) is 2.78. The molecule has 0 bridgehead atoms. The highest BCUT2D eigenvalue weighted by Gasteiger charge is 2.61. The van der Waals surface area contributed by atoms with Crippen molar-refractivity contribution in [1.29, 1.82) is 0 Å². The Balaban J connectivity index is 5.75. The van der Waals surface area contributed by atoms with Crippen LogP contribution in [-0.4, -0.2) is 44.3 Å². The number of aliphatic carboxylic acids is 4. The predicted octanol–water partition coefficient (Wildman–Crippen LogP) is -1.05. The van der Waals surface area contributed by atoms with Crippen molar-refractivity contribution >= 4 is 23.9 Å². The first kappa shape index (κ1) is 12.9. The molecule has 0 amide bonds. The van der Waals surface area contributed by atoms with E-state index in [-0.39, 0.29) is 0 Å². The third-order valence-corrected chi connectivity index (χ3v) is 2.03. The molecule has 84 valence electrons. The summed E-state index contributed by atoms with van der Waals surface area (Å²) in [4.78, 5) is 42.3. The number of carboxylic acid groups (broad SMARTS) is 4. The van der Waals surface area contributed by atoms with E-state index in [9.17, 15) is 19.2 Å². The lowest BCUT2D eigenvalue weighted by molar-refractivity contribution is -0.184. The van der Waals surface area contributed by atoms with E-state index in [0.717, 1.165) is 0 Å². The summed E-state index contributed by atoms with van der Waals surface area (Å²) in [5, 5.41) is 34.2. The third-order valence-electron chi connectivity index (χ3n) is 2.03. The number of rotatable bonds is 5. The van der Waals surface area contributed by atoms with Gasteiger partial charge >= 0.3 is 23.9 Å². The van der Waals surface area contributed by atoms with E-state index in [1.807, 2.05) is 0 Å². The lowest BCUT2D eigenvalue weighted by Gasteiger charge is -2.23. The van der Waals surface area contributed by atoms with Crippen molar-refractivity contribution in [3.05, 3.63) is 0 Å². The average Bonchev–Trinajstić information content (AvgIpc) is 2.02. The molecule has 0 radical (unpaired) electrons. The van der Waals surface area contributed by atoms with Crippen LogP contribution in [0.3, 0.4) is 0 Å². The number of hydrogen-bond acceptors (Lipinski definition) is 4. The van der Waals surface area contributed by atoms with Gasteiger partial charge in [0.1, 0.15) is 0 Å². The second kappa shape index (κ2) is 3.95. The van der Waals surface area contributed by atoms with Crippen molar-refractivity contribution in [1.82, 2.24) is 0 Å². The lowest BCUT2D eigenvalue weighted by Crippen LogP contribution is -2.53. The Kier molecular flexibility index (Phi) is 3.39. The smallest absolute Gasteiger partial charge is 0.333 e. The molecule has 0 aliphatic rings. The quantitative estimate of drug-likeness (QED) is 0.428. The molecular formula is C7H8O8. The molecule has 0 aliphatic carbocycles. The fourth-order valence-corrected chi connectivity index (χ4v) is 1.02. The maximum Gasteiger partial charge on any atom is 0.333 e. The first-order chi connectivity index (χ1) is 6.68. The fraction of sp³-hybridized carbons (Fsp3) is 0.429. The number of carbonyl (C=O) groups is 4. The van der Waals surface area contributed by atoms with Crippen LogP contribution in [-0.2, 0) is 19.2 Å². The van der Waals surface area contributed by atoms with Gasteiger partial charge in [0.05, 0.1) is 5.92 Å². The molecule has 1 unspecified atom stereocenters. The predicted molar refractivity (Wildman–Crippen MR) is 42.1 cm³/mol. The molecule has 0 aromatic heterocycles. The SMILES string of the molecule is CC(C(=O)O)C(C(=O)O)(C(=O)O)C(=O)O. The highest BCUT2D eigenvalue weighted by molar-refractivity contribution is 6.18. The minimum atomic E-state index is -3.37. The van der Waals surface area contributed by atoms with Gasteiger partial charge in [-0.1, -0.05) is 0 Å². The van der Waals surface area contributed by atoms with Crippen molar-refractivity contribution in [2.45, 2.75) is 6.92 Å². The van der Waals surface area contributed by atoms with E-state index in [0.29, 0.717) is 6.92 Å². The van der Waals surface area contributed by atoms with E-state index in [1.54, 1.807) is 0 Å². The molecule has 0 heterocycles. The Bertz CT molecular complexity index is 294. The Morgan fingerprint density at radius 2 is 1.13 bits per heavy atom. The van der Waals surface area contributed by atoms with Gasteiger partial charge in [-0.15, -0.1) is 0 Å². The van der Waals surface area contributed by atoms with Crippen molar-refractivity contribution in [2.75, 3.05) is 0 Å². The summed E-state index contributed by atoms with van der Waals surface area (Å²) in [6, 6.07) is 0.